The van der Waals surface area contributed by atoms with Gasteiger partial charge in [0, 0.05) is 36.1 Å². The van der Waals surface area contributed by atoms with Crippen molar-refractivity contribution in [3.63, 3.8) is 0 Å². The lowest BCUT2D eigenvalue weighted by Crippen LogP contribution is -2.20. The van der Waals surface area contributed by atoms with Crippen LogP contribution < -0.4 is 10.5 Å². The fraction of sp³-hybridized carbons (Fsp3) is 0.312. The van der Waals surface area contributed by atoms with Crippen molar-refractivity contribution in [1.82, 2.24) is 9.88 Å². The first kappa shape index (κ1) is 13.9. The van der Waals surface area contributed by atoms with E-state index >= 15 is 0 Å². The van der Waals surface area contributed by atoms with Crippen LogP contribution in [0.1, 0.15) is 16.8 Å². The van der Waals surface area contributed by atoms with Crippen LogP contribution in [0, 0.1) is 0 Å². The Morgan fingerprint density at radius 3 is 3.00 bits per heavy atom. The van der Waals surface area contributed by atoms with Crippen molar-refractivity contribution in [3.05, 3.63) is 53.3 Å². The number of aromatic nitrogens is 1. The molecule has 0 saturated heterocycles. The van der Waals surface area contributed by atoms with Gasteiger partial charge in [-0.2, -0.15) is 0 Å². The van der Waals surface area contributed by atoms with Crippen molar-refractivity contribution in [3.8, 4) is 5.75 Å². The number of ether oxygens (including phenoxy) is 2. The molecular formula is C16H19N3O2. The molecule has 1 aliphatic rings. The van der Waals surface area contributed by atoms with Crippen molar-refractivity contribution < 1.29 is 9.47 Å². The maximum atomic E-state index is 5.97. The smallest absolute Gasteiger partial charge is 0.189 e. The highest BCUT2D eigenvalue weighted by Gasteiger charge is 2.17. The number of nitrogen functional groups attached to an aromatic ring is 1. The van der Waals surface area contributed by atoms with Crippen molar-refractivity contribution >= 4 is 5.69 Å². The van der Waals surface area contributed by atoms with Gasteiger partial charge in [0.2, 0.25) is 0 Å². The highest BCUT2D eigenvalue weighted by atomic mass is 16.7. The Kier molecular flexibility index (Phi) is 4.03. The fourth-order valence-electron chi connectivity index (χ4n) is 2.56. The SMILES string of the molecule is CN(Cc1ccccn1)Cc1cc(N)cc2c1OCOC2. The van der Waals surface area contributed by atoms with Crippen molar-refractivity contribution in [2.45, 2.75) is 19.7 Å². The predicted octanol–water partition coefficient (Wildman–Crippen LogP) is 2.16. The average molecular weight is 285 g/mol. The molecule has 1 aromatic heterocycles. The standard InChI is InChI=1S/C16H19N3O2/c1-19(9-15-4-2-3-5-18-15)8-12-6-14(17)7-13-10-20-11-21-16(12)13/h2-7H,8-11,17H2,1H3. The van der Waals surface area contributed by atoms with Gasteiger partial charge in [-0.05, 0) is 31.3 Å². The van der Waals surface area contributed by atoms with Gasteiger partial charge >= 0.3 is 0 Å². The molecule has 1 aromatic carbocycles. The summed E-state index contributed by atoms with van der Waals surface area (Å²) in [7, 11) is 2.06. The molecule has 0 saturated carbocycles. The number of nitrogens with zero attached hydrogens (tertiary/aromatic N) is 2. The van der Waals surface area contributed by atoms with Gasteiger partial charge < -0.3 is 15.2 Å². The fourth-order valence-corrected chi connectivity index (χ4v) is 2.56. The average Bonchev–Trinajstić information content (AvgIpc) is 2.48. The van der Waals surface area contributed by atoms with Crippen LogP contribution in [0.15, 0.2) is 36.5 Å². The minimum absolute atomic E-state index is 0.299. The number of pyridine rings is 1. The number of nitrogens with two attached hydrogens (primary N) is 1. The summed E-state index contributed by atoms with van der Waals surface area (Å²) in [4.78, 5) is 6.54. The molecule has 1 aliphatic heterocycles. The van der Waals surface area contributed by atoms with Crippen molar-refractivity contribution in [2.24, 2.45) is 0 Å². The second-order valence-corrected chi connectivity index (χ2v) is 5.27. The molecule has 21 heavy (non-hydrogen) atoms. The molecule has 2 aromatic rings. The molecule has 0 fully saturated rings. The zero-order chi connectivity index (χ0) is 14.7. The zero-order valence-corrected chi connectivity index (χ0v) is 12.1. The third-order valence-corrected chi connectivity index (χ3v) is 3.41. The van der Waals surface area contributed by atoms with Crippen LogP contribution in [0.5, 0.6) is 5.75 Å². The van der Waals surface area contributed by atoms with E-state index in [1.165, 1.54) is 0 Å². The molecule has 2 heterocycles. The lowest BCUT2D eigenvalue weighted by Gasteiger charge is -2.24. The number of fused-ring (bicyclic) bond motifs is 1. The van der Waals surface area contributed by atoms with E-state index < -0.39 is 0 Å². The van der Waals surface area contributed by atoms with Crippen LogP contribution >= 0.6 is 0 Å². The molecule has 0 unspecified atom stereocenters. The van der Waals surface area contributed by atoms with Gasteiger partial charge in [-0.1, -0.05) is 6.07 Å². The Morgan fingerprint density at radius 2 is 2.19 bits per heavy atom. The Bertz CT molecular complexity index is 616. The zero-order valence-electron chi connectivity index (χ0n) is 12.1. The molecular weight excluding hydrogens is 266 g/mol. The highest BCUT2D eigenvalue weighted by Crippen LogP contribution is 2.31. The van der Waals surface area contributed by atoms with Gasteiger partial charge in [-0.3, -0.25) is 9.88 Å². The van der Waals surface area contributed by atoms with Crippen LogP contribution in [0.25, 0.3) is 0 Å². The Morgan fingerprint density at radius 1 is 1.29 bits per heavy atom. The van der Waals surface area contributed by atoms with Crippen LogP contribution in [0.2, 0.25) is 0 Å². The van der Waals surface area contributed by atoms with Gasteiger partial charge in [0.25, 0.3) is 0 Å². The second-order valence-electron chi connectivity index (χ2n) is 5.27. The number of rotatable bonds is 4. The predicted molar refractivity (Wildman–Crippen MR) is 80.5 cm³/mol. The van der Waals surface area contributed by atoms with Gasteiger partial charge in [-0.25, -0.2) is 0 Å². The number of hydrogen-bond acceptors (Lipinski definition) is 5. The van der Waals surface area contributed by atoms with E-state index in [2.05, 4.69) is 16.9 Å². The van der Waals surface area contributed by atoms with Crippen LogP contribution in [0.3, 0.4) is 0 Å². The van der Waals surface area contributed by atoms with Crippen LogP contribution in [-0.2, 0) is 24.4 Å². The molecule has 0 spiro atoms. The van der Waals surface area contributed by atoms with Gasteiger partial charge in [0.15, 0.2) is 6.79 Å². The summed E-state index contributed by atoms with van der Waals surface area (Å²) < 4.78 is 10.9. The maximum Gasteiger partial charge on any atom is 0.189 e. The van der Waals surface area contributed by atoms with Crippen molar-refractivity contribution in [2.75, 3.05) is 19.6 Å². The summed E-state index contributed by atoms with van der Waals surface area (Å²) in [6.45, 7) is 2.38. The molecule has 0 radical (unpaired) electrons. The van der Waals surface area contributed by atoms with E-state index in [4.69, 9.17) is 15.2 Å². The number of anilines is 1. The highest BCUT2D eigenvalue weighted by molar-refractivity contribution is 5.53. The third kappa shape index (κ3) is 3.32. The van der Waals surface area contributed by atoms with Crippen molar-refractivity contribution in [1.29, 1.82) is 0 Å². The topological polar surface area (TPSA) is 60.6 Å². The second kappa shape index (κ2) is 6.11. The minimum atomic E-state index is 0.299. The summed E-state index contributed by atoms with van der Waals surface area (Å²) in [6.07, 6.45) is 1.81. The lowest BCUT2D eigenvalue weighted by molar-refractivity contribution is -0.0173. The molecule has 2 N–H and O–H groups in total. The molecule has 0 aliphatic carbocycles. The minimum Gasteiger partial charge on any atom is -0.467 e. The van der Waals surface area contributed by atoms with E-state index in [1.54, 1.807) is 0 Å². The summed E-state index contributed by atoms with van der Waals surface area (Å²) in [5.41, 5.74) is 9.86. The first-order chi connectivity index (χ1) is 10.2. The first-order valence-electron chi connectivity index (χ1n) is 6.92. The van der Waals surface area contributed by atoms with E-state index in [9.17, 15) is 0 Å². The molecule has 0 amide bonds. The van der Waals surface area contributed by atoms with Crippen LogP contribution in [0.4, 0.5) is 5.69 Å². The number of hydrogen-bond donors (Lipinski definition) is 1. The molecule has 0 bridgehead atoms. The normalized spacial score (nSPS) is 13.8. The molecule has 3 rings (SSSR count). The van der Waals surface area contributed by atoms with Crippen LogP contribution in [-0.4, -0.2) is 23.7 Å². The Hall–Kier alpha value is -2.11. The van der Waals surface area contributed by atoms with Gasteiger partial charge in [0.05, 0.1) is 12.3 Å². The molecule has 5 heteroatoms. The molecule has 0 atom stereocenters. The first-order valence-corrected chi connectivity index (χ1v) is 6.92. The Balaban J connectivity index is 1.76. The number of benzene rings is 1. The summed E-state index contributed by atoms with van der Waals surface area (Å²) in [6, 6.07) is 9.83. The summed E-state index contributed by atoms with van der Waals surface area (Å²) in [5.74, 6) is 0.906. The van der Waals surface area contributed by atoms with Gasteiger partial charge in [0.1, 0.15) is 5.75 Å². The largest absolute Gasteiger partial charge is 0.467 e. The quantitative estimate of drug-likeness (QED) is 0.872. The maximum absolute atomic E-state index is 5.97. The molecule has 110 valence electrons. The van der Waals surface area contributed by atoms with E-state index in [1.807, 2.05) is 36.5 Å². The van der Waals surface area contributed by atoms with E-state index in [0.29, 0.717) is 13.4 Å². The lowest BCUT2D eigenvalue weighted by atomic mass is 10.1. The summed E-state index contributed by atoms with van der Waals surface area (Å²) >= 11 is 0. The van der Waals surface area contributed by atoms with E-state index in [0.717, 1.165) is 41.3 Å². The third-order valence-electron chi connectivity index (χ3n) is 3.41. The molecule has 5 nitrogen and oxygen atoms in total. The monoisotopic (exact) mass is 285 g/mol. The van der Waals surface area contributed by atoms with E-state index in [-0.39, 0.29) is 0 Å². The Labute approximate surface area is 124 Å². The van der Waals surface area contributed by atoms with Gasteiger partial charge in [-0.15, -0.1) is 0 Å². The summed E-state index contributed by atoms with van der Waals surface area (Å²) in [5, 5.41) is 0.